The van der Waals surface area contributed by atoms with E-state index in [4.69, 9.17) is 39.2 Å². The molecule has 0 aliphatic carbocycles. The molecule has 0 aliphatic heterocycles. The predicted octanol–water partition coefficient (Wildman–Crippen LogP) is 7.16. The Balaban J connectivity index is 1.51. The number of aromatic nitrogens is 3. The molecule has 2 aromatic heterocycles. The maximum atomic E-state index is 12.4. The van der Waals surface area contributed by atoms with Gasteiger partial charge in [-0.3, -0.25) is 9.36 Å². The number of benzene rings is 2. The van der Waals surface area contributed by atoms with Gasteiger partial charge in [0.2, 0.25) is 11.7 Å². The molecule has 0 unspecified atom stereocenters. The van der Waals surface area contributed by atoms with E-state index < -0.39 is 0 Å². The van der Waals surface area contributed by atoms with Gasteiger partial charge in [-0.15, -0.1) is 10.2 Å². The molecule has 2 heterocycles. The van der Waals surface area contributed by atoms with Gasteiger partial charge in [0.1, 0.15) is 5.58 Å². The van der Waals surface area contributed by atoms with Crippen LogP contribution in [0.5, 0.6) is 0 Å². The molecule has 1 N–H and O–H groups in total. The second-order valence-corrected chi connectivity index (χ2v) is 9.53. The number of thioether (sulfide) groups is 1. The third-order valence-corrected chi connectivity index (χ3v) is 6.61. The number of furan rings is 1. The number of carbonyl (C=O) groups is 1. The van der Waals surface area contributed by atoms with Crippen LogP contribution in [0, 0.1) is 0 Å². The van der Waals surface area contributed by atoms with E-state index >= 15 is 0 Å². The average molecular weight is 561 g/mol. The summed E-state index contributed by atoms with van der Waals surface area (Å²) < 4.78 is 8.79. The van der Waals surface area contributed by atoms with Gasteiger partial charge in [0.25, 0.3) is 0 Å². The van der Waals surface area contributed by atoms with Gasteiger partial charge in [-0.1, -0.05) is 62.5 Å². The number of carbonyl (C=O) groups excluding carboxylic acids is 1. The third kappa shape index (κ3) is 4.88. The molecule has 0 radical (unpaired) electrons. The summed E-state index contributed by atoms with van der Waals surface area (Å²) in [5.74, 6) is 1.03. The van der Waals surface area contributed by atoms with Crippen LogP contribution in [0.15, 0.2) is 50.4 Å². The molecular weight excluding hydrogens is 547 g/mol. The van der Waals surface area contributed by atoms with E-state index in [1.54, 1.807) is 0 Å². The maximum Gasteiger partial charge on any atom is 0.234 e. The van der Waals surface area contributed by atoms with Crippen molar-refractivity contribution in [3.8, 4) is 11.6 Å². The summed E-state index contributed by atoms with van der Waals surface area (Å²) >= 11 is 22.9. The quantitative estimate of drug-likeness (QED) is 0.253. The van der Waals surface area contributed by atoms with E-state index in [1.165, 1.54) is 23.9 Å². The summed E-state index contributed by atoms with van der Waals surface area (Å²) in [4.78, 5) is 12.4. The van der Waals surface area contributed by atoms with Gasteiger partial charge in [0.05, 0.1) is 21.5 Å². The van der Waals surface area contributed by atoms with Crippen LogP contribution in [0.3, 0.4) is 0 Å². The highest BCUT2D eigenvalue weighted by Gasteiger charge is 2.19. The zero-order valence-electron chi connectivity index (χ0n) is 16.0. The number of rotatable bonds is 6. The van der Waals surface area contributed by atoms with Crippen molar-refractivity contribution in [2.75, 3.05) is 11.1 Å². The van der Waals surface area contributed by atoms with Crippen molar-refractivity contribution in [1.29, 1.82) is 0 Å². The summed E-state index contributed by atoms with van der Waals surface area (Å²) in [5, 5.41) is 13.7. The molecule has 31 heavy (non-hydrogen) atoms. The topological polar surface area (TPSA) is 73.0 Å². The van der Waals surface area contributed by atoms with E-state index in [9.17, 15) is 4.79 Å². The lowest BCUT2D eigenvalue weighted by Gasteiger charge is -2.10. The number of halogens is 4. The highest BCUT2D eigenvalue weighted by atomic mass is 79.9. The Kier molecular flexibility index (Phi) is 6.83. The van der Waals surface area contributed by atoms with Crippen molar-refractivity contribution in [2.24, 2.45) is 0 Å². The zero-order chi connectivity index (χ0) is 22.1. The third-order valence-electron chi connectivity index (χ3n) is 4.34. The average Bonchev–Trinajstić information content (AvgIpc) is 3.31. The van der Waals surface area contributed by atoms with Crippen molar-refractivity contribution < 1.29 is 9.21 Å². The SMILES string of the molecule is CCn1c(SCC(=O)Nc2c(Cl)cc(Cl)cc2Cl)nnc1-c1cc2cc(Br)ccc2o1. The molecule has 6 nitrogen and oxygen atoms in total. The molecule has 0 fully saturated rings. The summed E-state index contributed by atoms with van der Waals surface area (Å²) in [7, 11) is 0. The molecule has 11 heteroatoms. The molecule has 4 aromatic rings. The lowest BCUT2D eigenvalue weighted by atomic mass is 10.2. The van der Waals surface area contributed by atoms with E-state index in [-0.39, 0.29) is 21.7 Å². The number of nitrogens with one attached hydrogen (secondary N) is 1. The molecule has 1 amide bonds. The molecule has 2 aromatic carbocycles. The molecule has 0 aliphatic rings. The molecule has 0 spiro atoms. The Bertz CT molecular complexity index is 1270. The molecule has 0 saturated heterocycles. The number of hydrogen-bond donors (Lipinski definition) is 1. The highest BCUT2D eigenvalue weighted by Crippen LogP contribution is 2.34. The molecule has 4 rings (SSSR count). The Hall–Kier alpha value is -1.71. The zero-order valence-corrected chi connectivity index (χ0v) is 20.6. The Morgan fingerprint density at radius 2 is 1.90 bits per heavy atom. The highest BCUT2D eigenvalue weighted by molar-refractivity contribution is 9.10. The van der Waals surface area contributed by atoms with Crippen LogP contribution in [-0.4, -0.2) is 26.4 Å². The normalized spacial score (nSPS) is 11.3. The molecule has 0 atom stereocenters. The largest absolute Gasteiger partial charge is 0.453 e. The Morgan fingerprint density at radius 1 is 1.16 bits per heavy atom. The van der Waals surface area contributed by atoms with Crippen molar-refractivity contribution in [3.05, 3.63) is 55.9 Å². The number of fused-ring (bicyclic) bond motifs is 1. The maximum absolute atomic E-state index is 12.4. The van der Waals surface area contributed by atoms with Crippen LogP contribution in [-0.2, 0) is 11.3 Å². The standard InChI is InChI=1S/C20H14BrCl3N4O2S/c1-2-28-19(16-6-10-5-11(21)3-4-15(10)30-16)26-27-20(28)31-9-17(29)25-18-13(23)7-12(22)8-14(18)24/h3-8H,2,9H2,1H3,(H,25,29). The van der Waals surface area contributed by atoms with E-state index in [1.807, 2.05) is 35.8 Å². The van der Waals surface area contributed by atoms with Crippen LogP contribution in [0.1, 0.15) is 6.92 Å². The molecular formula is C20H14BrCl3N4O2S. The minimum absolute atomic E-state index is 0.0977. The van der Waals surface area contributed by atoms with E-state index in [0.717, 1.165) is 15.4 Å². The minimum atomic E-state index is -0.281. The van der Waals surface area contributed by atoms with Crippen LogP contribution >= 0.6 is 62.5 Å². The first-order chi connectivity index (χ1) is 14.9. The second kappa shape index (κ2) is 9.42. The second-order valence-electron chi connectivity index (χ2n) is 6.42. The predicted molar refractivity (Wildman–Crippen MR) is 129 cm³/mol. The van der Waals surface area contributed by atoms with Gasteiger partial charge in [-0.05, 0) is 43.3 Å². The molecule has 0 saturated carbocycles. The summed E-state index contributed by atoms with van der Waals surface area (Å²) in [6.45, 7) is 2.59. The first kappa shape index (κ1) is 22.5. The van der Waals surface area contributed by atoms with E-state index in [0.29, 0.717) is 34.0 Å². The molecule has 0 bridgehead atoms. The van der Waals surface area contributed by atoms with E-state index in [2.05, 4.69) is 31.4 Å². The van der Waals surface area contributed by atoms with Gasteiger partial charge < -0.3 is 9.73 Å². The van der Waals surface area contributed by atoms with Gasteiger partial charge in [0, 0.05) is 21.4 Å². The lowest BCUT2D eigenvalue weighted by molar-refractivity contribution is -0.113. The number of hydrogen-bond acceptors (Lipinski definition) is 5. The van der Waals surface area contributed by atoms with Crippen LogP contribution < -0.4 is 5.32 Å². The van der Waals surface area contributed by atoms with Gasteiger partial charge in [0.15, 0.2) is 10.9 Å². The summed E-state index contributed by atoms with van der Waals surface area (Å²) in [5.41, 5.74) is 1.08. The summed E-state index contributed by atoms with van der Waals surface area (Å²) in [6, 6.07) is 10.7. The van der Waals surface area contributed by atoms with Crippen molar-refractivity contribution in [2.45, 2.75) is 18.6 Å². The van der Waals surface area contributed by atoms with Crippen LogP contribution in [0.2, 0.25) is 15.1 Å². The van der Waals surface area contributed by atoms with Crippen molar-refractivity contribution in [1.82, 2.24) is 14.8 Å². The van der Waals surface area contributed by atoms with Crippen molar-refractivity contribution in [3.63, 3.8) is 0 Å². The number of nitrogens with zero attached hydrogens (tertiary/aromatic N) is 3. The smallest absolute Gasteiger partial charge is 0.234 e. The fourth-order valence-corrected chi connectivity index (χ4v) is 5.05. The van der Waals surface area contributed by atoms with Gasteiger partial charge >= 0.3 is 0 Å². The fourth-order valence-electron chi connectivity index (χ4n) is 2.95. The first-order valence-corrected chi connectivity index (χ1v) is 12.0. The summed E-state index contributed by atoms with van der Waals surface area (Å²) in [6.07, 6.45) is 0. The first-order valence-electron chi connectivity index (χ1n) is 9.05. The van der Waals surface area contributed by atoms with Crippen LogP contribution in [0.25, 0.3) is 22.6 Å². The monoisotopic (exact) mass is 558 g/mol. The lowest BCUT2D eigenvalue weighted by Crippen LogP contribution is -2.15. The Morgan fingerprint density at radius 3 is 2.61 bits per heavy atom. The number of amides is 1. The van der Waals surface area contributed by atoms with Crippen LogP contribution in [0.4, 0.5) is 5.69 Å². The fraction of sp³-hybridized carbons (Fsp3) is 0.150. The van der Waals surface area contributed by atoms with Gasteiger partial charge in [-0.2, -0.15) is 0 Å². The van der Waals surface area contributed by atoms with Crippen molar-refractivity contribution >= 4 is 85.1 Å². The number of anilines is 1. The van der Waals surface area contributed by atoms with Gasteiger partial charge in [-0.25, -0.2) is 0 Å². The minimum Gasteiger partial charge on any atom is -0.453 e. The molecule has 160 valence electrons. The Labute approximate surface area is 205 Å².